The zero-order chi connectivity index (χ0) is 18.1. The van der Waals surface area contributed by atoms with E-state index in [0.29, 0.717) is 21.3 Å². The number of nitrogens with zero attached hydrogens (tertiary/aromatic N) is 1. The maximum Gasteiger partial charge on any atom is 0.272 e. The van der Waals surface area contributed by atoms with Crippen molar-refractivity contribution in [1.29, 1.82) is 0 Å². The molecule has 0 spiro atoms. The number of rotatable bonds is 3. The Morgan fingerprint density at radius 2 is 1.96 bits per heavy atom. The molecule has 3 rings (SSSR count). The zero-order valence-corrected chi connectivity index (χ0v) is 14.5. The molecule has 2 aromatic rings. The molecule has 0 radical (unpaired) electrons. The number of phenols is 1. The van der Waals surface area contributed by atoms with Crippen LogP contribution in [0.15, 0.2) is 42.0 Å². The summed E-state index contributed by atoms with van der Waals surface area (Å²) >= 11 is 11.9. The van der Waals surface area contributed by atoms with Gasteiger partial charge in [-0.2, -0.15) is 5.43 Å². The van der Waals surface area contributed by atoms with Crippen LogP contribution in [0.3, 0.4) is 0 Å². The van der Waals surface area contributed by atoms with E-state index in [9.17, 15) is 15.0 Å². The lowest BCUT2D eigenvalue weighted by Crippen LogP contribution is -2.37. The number of hydrazine groups is 1. The number of amides is 1. The van der Waals surface area contributed by atoms with Crippen molar-refractivity contribution in [3.63, 3.8) is 0 Å². The second-order valence-electron chi connectivity index (χ2n) is 5.30. The molecule has 1 aliphatic rings. The van der Waals surface area contributed by atoms with Gasteiger partial charge in [-0.3, -0.25) is 4.79 Å². The number of halogens is 2. The van der Waals surface area contributed by atoms with Crippen LogP contribution in [-0.2, 0) is 4.79 Å². The fourth-order valence-corrected chi connectivity index (χ4v) is 2.71. The summed E-state index contributed by atoms with van der Waals surface area (Å²) in [5.74, 6) is -0.181. The number of aliphatic hydroxyl groups is 1. The van der Waals surface area contributed by atoms with Crippen molar-refractivity contribution in [3.8, 4) is 11.5 Å². The number of aliphatic hydroxyl groups excluding tert-OH is 1. The topological polar surface area (TPSA) is 82.0 Å². The van der Waals surface area contributed by atoms with Gasteiger partial charge in [-0.1, -0.05) is 29.3 Å². The maximum absolute atomic E-state index is 12.6. The van der Waals surface area contributed by atoms with Gasteiger partial charge < -0.3 is 14.9 Å². The summed E-state index contributed by atoms with van der Waals surface area (Å²) in [6.45, 7) is 0. The van der Waals surface area contributed by atoms with Crippen molar-refractivity contribution in [1.82, 2.24) is 5.43 Å². The number of ether oxygens (including phenoxy) is 1. The number of anilines is 1. The lowest BCUT2D eigenvalue weighted by Gasteiger charge is -2.16. The molecule has 25 heavy (non-hydrogen) atoms. The molecule has 1 atom stereocenters. The van der Waals surface area contributed by atoms with Crippen molar-refractivity contribution < 1.29 is 19.7 Å². The average Bonchev–Trinajstić information content (AvgIpc) is 2.87. The van der Waals surface area contributed by atoms with E-state index in [2.05, 4.69) is 5.43 Å². The van der Waals surface area contributed by atoms with Crippen LogP contribution >= 0.6 is 23.2 Å². The van der Waals surface area contributed by atoms with Crippen LogP contribution in [0, 0.1) is 0 Å². The molecule has 3 N–H and O–H groups in total. The molecule has 0 saturated carbocycles. The minimum Gasteiger partial charge on any atom is -0.504 e. The van der Waals surface area contributed by atoms with Crippen LogP contribution in [0.2, 0.25) is 10.0 Å². The van der Waals surface area contributed by atoms with E-state index < -0.39 is 12.1 Å². The minimum absolute atomic E-state index is 0.0153. The molecule has 2 aromatic carbocycles. The first kappa shape index (κ1) is 17.6. The Labute approximate surface area is 153 Å². The summed E-state index contributed by atoms with van der Waals surface area (Å²) in [6, 6.07) is 9.30. The highest BCUT2D eigenvalue weighted by atomic mass is 35.5. The molecule has 130 valence electrons. The second kappa shape index (κ2) is 6.93. The number of nitrogens with one attached hydrogen (secondary N) is 1. The predicted octanol–water partition coefficient (Wildman–Crippen LogP) is 2.96. The number of aromatic hydroxyl groups is 1. The third kappa shape index (κ3) is 3.43. The smallest absolute Gasteiger partial charge is 0.272 e. The quantitative estimate of drug-likeness (QED) is 0.713. The van der Waals surface area contributed by atoms with Gasteiger partial charge in [-0.25, -0.2) is 5.01 Å². The third-order valence-corrected chi connectivity index (χ3v) is 4.42. The number of methoxy groups -OCH3 is 1. The number of carbonyl (C=O) groups excluding carboxylic acids is 1. The van der Waals surface area contributed by atoms with Gasteiger partial charge in [0, 0.05) is 0 Å². The third-order valence-electron chi connectivity index (χ3n) is 3.68. The van der Waals surface area contributed by atoms with E-state index in [4.69, 9.17) is 27.9 Å². The van der Waals surface area contributed by atoms with Gasteiger partial charge in [-0.05, 0) is 42.0 Å². The normalized spacial score (nSPS) is 18.9. The van der Waals surface area contributed by atoms with Crippen LogP contribution in [0.5, 0.6) is 11.5 Å². The van der Waals surface area contributed by atoms with Gasteiger partial charge in [0.2, 0.25) is 0 Å². The summed E-state index contributed by atoms with van der Waals surface area (Å²) in [4.78, 5) is 12.6. The van der Waals surface area contributed by atoms with Crippen molar-refractivity contribution in [2.75, 3.05) is 12.1 Å². The number of benzene rings is 2. The Balaban J connectivity index is 1.93. The fraction of sp³-hybridized carbons (Fsp3) is 0.118. The molecule has 1 unspecified atom stereocenters. The van der Waals surface area contributed by atoms with Crippen LogP contribution in [0.1, 0.15) is 5.56 Å². The molecule has 6 nitrogen and oxygen atoms in total. The molecule has 0 aromatic heterocycles. The van der Waals surface area contributed by atoms with E-state index >= 15 is 0 Å². The number of carbonyl (C=O) groups is 1. The second-order valence-corrected chi connectivity index (χ2v) is 6.12. The first-order valence-electron chi connectivity index (χ1n) is 7.23. The first-order chi connectivity index (χ1) is 11.9. The molecule has 8 heteroatoms. The van der Waals surface area contributed by atoms with Crippen LogP contribution in [-0.4, -0.2) is 29.5 Å². The minimum atomic E-state index is -1.19. The number of phenolic OH excluding ortho intramolecular Hbond substituents is 1. The monoisotopic (exact) mass is 380 g/mol. The summed E-state index contributed by atoms with van der Waals surface area (Å²) in [7, 11) is 1.43. The highest BCUT2D eigenvalue weighted by Crippen LogP contribution is 2.31. The molecule has 0 aliphatic carbocycles. The molecule has 0 bridgehead atoms. The van der Waals surface area contributed by atoms with Gasteiger partial charge in [0.1, 0.15) is 0 Å². The Kier molecular flexibility index (Phi) is 4.87. The van der Waals surface area contributed by atoms with Gasteiger partial charge in [0.05, 0.1) is 28.4 Å². The van der Waals surface area contributed by atoms with E-state index in [-0.39, 0.29) is 17.1 Å². The summed E-state index contributed by atoms with van der Waals surface area (Å²) in [5.41, 5.74) is 3.85. The predicted molar refractivity (Wildman–Crippen MR) is 95.7 cm³/mol. The van der Waals surface area contributed by atoms with E-state index in [1.165, 1.54) is 30.3 Å². The number of hydrogen-bond donors (Lipinski definition) is 3. The highest BCUT2D eigenvalue weighted by Gasteiger charge is 2.34. The Morgan fingerprint density at radius 3 is 2.64 bits per heavy atom. The largest absolute Gasteiger partial charge is 0.504 e. The standard InChI is InChI=1S/C17H14Cl2N2O4/c1-25-15-7-9(2-5-14(15)22)6-11-16(23)20-21(17(11)24)10-3-4-12(18)13(19)8-10/h2-8,16,20,22-23H,1H3/b11-6-. The van der Waals surface area contributed by atoms with Crippen molar-refractivity contribution in [2.45, 2.75) is 6.23 Å². The summed E-state index contributed by atoms with van der Waals surface area (Å²) in [5, 5.41) is 21.7. The number of hydrogen-bond acceptors (Lipinski definition) is 5. The molecule has 1 fully saturated rings. The van der Waals surface area contributed by atoms with Crippen LogP contribution < -0.4 is 15.2 Å². The van der Waals surface area contributed by atoms with Crippen molar-refractivity contribution in [2.24, 2.45) is 0 Å². The molecular weight excluding hydrogens is 367 g/mol. The van der Waals surface area contributed by atoms with E-state index in [1.54, 1.807) is 24.3 Å². The van der Waals surface area contributed by atoms with Gasteiger partial charge >= 0.3 is 0 Å². The van der Waals surface area contributed by atoms with E-state index in [1.807, 2.05) is 0 Å². The van der Waals surface area contributed by atoms with Gasteiger partial charge in [-0.15, -0.1) is 0 Å². The van der Waals surface area contributed by atoms with Crippen molar-refractivity contribution in [3.05, 3.63) is 57.6 Å². The Bertz CT molecular complexity index is 870. The van der Waals surface area contributed by atoms with Crippen molar-refractivity contribution >= 4 is 40.9 Å². The van der Waals surface area contributed by atoms with Crippen LogP contribution in [0.25, 0.3) is 6.08 Å². The fourth-order valence-electron chi connectivity index (χ4n) is 2.42. The van der Waals surface area contributed by atoms with Gasteiger partial charge in [0.25, 0.3) is 5.91 Å². The molecular formula is C17H14Cl2N2O4. The van der Waals surface area contributed by atoms with Gasteiger partial charge in [0.15, 0.2) is 17.7 Å². The molecule has 1 heterocycles. The first-order valence-corrected chi connectivity index (χ1v) is 7.98. The van der Waals surface area contributed by atoms with Crippen LogP contribution in [0.4, 0.5) is 5.69 Å². The SMILES string of the molecule is COc1cc(/C=C2\C(=O)N(c3ccc(Cl)c(Cl)c3)NC2O)ccc1O. The summed E-state index contributed by atoms with van der Waals surface area (Å²) < 4.78 is 5.04. The lowest BCUT2D eigenvalue weighted by molar-refractivity contribution is -0.114. The molecule has 1 aliphatic heterocycles. The summed E-state index contributed by atoms with van der Waals surface area (Å²) in [6.07, 6.45) is 0.321. The molecule has 1 amide bonds. The maximum atomic E-state index is 12.6. The Morgan fingerprint density at radius 1 is 1.20 bits per heavy atom. The lowest BCUT2D eigenvalue weighted by atomic mass is 10.1. The molecule has 1 saturated heterocycles. The highest BCUT2D eigenvalue weighted by molar-refractivity contribution is 6.42. The zero-order valence-electron chi connectivity index (χ0n) is 13.0. The van der Waals surface area contributed by atoms with E-state index in [0.717, 1.165) is 0 Å². The average molecular weight is 381 g/mol. The Hall–Kier alpha value is -2.25.